The third-order valence-electron chi connectivity index (χ3n) is 3.68. The van der Waals surface area contributed by atoms with E-state index in [1.165, 1.54) is 19.6 Å². The lowest BCUT2D eigenvalue weighted by molar-refractivity contribution is -0.123. The predicted molar refractivity (Wildman–Crippen MR) is 100 cm³/mol. The summed E-state index contributed by atoms with van der Waals surface area (Å²) in [5.41, 5.74) is 2.14. The molecular formula is C19H20BrNO4. The van der Waals surface area contributed by atoms with Crippen molar-refractivity contribution >= 4 is 33.5 Å². The van der Waals surface area contributed by atoms with Crippen LogP contribution in [-0.2, 0) is 16.0 Å². The van der Waals surface area contributed by atoms with Crippen molar-refractivity contribution in [2.45, 2.75) is 26.4 Å². The van der Waals surface area contributed by atoms with Crippen molar-refractivity contribution in [2.24, 2.45) is 0 Å². The lowest BCUT2D eigenvalue weighted by atomic mass is 10.1. The number of esters is 1. The monoisotopic (exact) mass is 405 g/mol. The van der Waals surface area contributed by atoms with Crippen molar-refractivity contribution in [1.29, 1.82) is 0 Å². The van der Waals surface area contributed by atoms with Crippen molar-refractivity contribution in [3.8, 4) is 5.75 Å². The van der Waals surface area contributed by atoms with Gasteiger partial charge in [0.05, 0.1) is 12.7 Å². The Labute approximate surface area is 155 Å². The zero-order valence-corrected chi connectivity index (χ0v) is 15.9. The van der Waals surface area contributed by atoms with Crippen LogP contribution >= 0.6 is 15.9 Å². The fourth-order valence-electron chi connectivity index (χ4n) is 2.13. The molecule has 0 unspecified atom stereocenters. The van der Waals surface area contributed by atoms with Crippen LogP contribution in [0.1, 0.15) is 29.8 Å². The van der Waals surface area contributed by atoms with Crippen LogP contribution in [0, 0.1) is 0 Å². The largest absolute Gasteiger partial charge is 0.497 e. The highest BCUT2D eigenvalue weighted by Crippen LogP contribution is 2.23. The van der Waals surface area contributed by atoms with Gasteiger partial charge in [0, 0.05) is 10.2 Å². The van der Waals surface area contributed by atoms with E-state index in [0.717, 1.165) is 6.42 Å². The zero-order chi connectivity index (χ0) is 18.4. The average Bonchev–Trinajstić information content (AvgIpc) is 2.62. The number of amides is 1. The van der Waals surface area contributed by atoms with Gasteiger partial charge in [0.2, 0.25) is 0 Å². The van der Waals surface area contributed by atoms with Crippen molar-refractivity contribution in [3.05, 3.63) is 58.1 Å². The number of rotatable bonds is 6. The van der Waals surface area contributed by atoms with Gasteiger partial charge in [-0.25, -0.2) is 4.79 Å². The van der Waals surface area contributed by atoms with Gasteiger partial charge in [-0.3, -0.25) is 4.79 Å². The molecule has 1 amide bonds. The molecule has 5 nitrogen and oxygen atoms in total. The Morgan fingerprint density at radius 3 is 2.44 bits per heavy atom. The molecular weight excluding hydrogens is 386 g/mol. The van der Waals surface area contributed by atoms with E-state index >= 15 is 0 Å². The van der Waals surface area contributed by atoms with Gasteiger partial charge in [-0.05, 0) is 65.2 Å². The van der Waals surface area contributed by atoms with Crippen molar-refractivity contribution in [3.63, 3.8) is 0 Å². The van der Waals surface area contributed by atoms with Crippen LogP contribution < -0.4 is 10.1 Å². The highest BCUT2D eigenvalue weighted by molar-refractivity contribution is 9.10. The summed E-state index contributed by atoms with van der Waals surface area (Å²) < 4.78 is 10.9. The maximum atomic E-state index is 12.3. The van der Waals surface area contributed by atoms with E-state index < -0.39 is 18.0 Å². The number of halogens is 1. The fourth-order valence-corrected chi connectivity index (χ4v) is 2.54. The maximum Gasteiger partial charge on any atom is 0.340 e. The second-order valence-corrected chi connectivity index (χ2v) is 6.29. The number of ether oxygens (including phenoxy) is 2. The topological polar surface area (TPSA) is 64.6 Å². The standard InChI is InChI=1S/C19H20BrNO4/c1-4-13-5-7-14(8-6-13)21-18(22)12(2)25-19(23)16-11-15(24-3)9-10-17(16)20/h5-12H,4H2,1-3H3,(H,21,22)/t12-/m1/s1. The molecule has 25 heavy (non-hydrogen) atoms. The summed E-state index contributed by atoms with van der Waals surface area (Å²) in [6.45, 7) is 3.59. The van der Waals surface area contributed by atoms with E-state index in [1.54, 1.807) is 18.2 Å². The minimum atomic E-state index is -0.934. The number of hydrogen-bond acceptors (Lipinski definition) is 4. The third kappa shape index (κ3) is 5.06. The van der Waals surface area contributed by atoms with Crippen LogP contribution in [0.4, 0.5) is 5.69 Å². The quantitative estimate of drug-likeness (QED) is 0.731. The molecule has 0 fully saturated rings. The summed E-state index contributed by atoms with van der Waals surface area (Å²) in [5.74, 6) is -0.463. The molecule has 1 atom stereocenters. The fraction of sp³-hybridized carbons (Fsp3) is 0.263. The molecule has 2 aromatic carbocycles. The molecule has 0 saturated heterocycles. The van der Waals surface area contributed by atoms with Crippen molar-refractivity contribution < 1.29 is 19.1 Å². The van der Waals surface area contributed by atoms with Gasteiger partial charge in [0.15, 0.2) is 6.10 Å². The predicted octanol–water partition coefficient (Wildman–Crippen LogP) is 4.20. The van der Waals surface area contributed by atoms with E-state index in [-0.39, 0.29) is 0 Å². The van der Waals surface area contributed by atoms with Gasteiger partial charge >= 0.3 is 5.97 Å². The first-order chi connectivity index (χ1) is 11.9. The van der Waals surface area contributed by atoms with E-state index in [9.17, 15) is 9.59 Å². The number of carbonyl (C=O) groups excluding carboxylic acids is 2. The Morgan fingerprint density at radius 2 is 1.84 bits per heavy atom. The van der Waals surface area contributed by atoms with Gasteiger partial charge in [-0.15, -0.1) is 0 Å². The summed E-state index contributed by atoms with van der Waals surface area (Å²) in [5, 5.41) is 2.73. The Bertz CT molecular complexity index is 759. The van der Waals surface area contributed by atoms with Gasteiger partial charge in [0.1, 0.15) is 5.75 Å². The molecule has 2 aromatic rings. The van der Waals surface area contributed by atoms with Crippen LogP contribution in [0.15, 0.2) is 46.9 Å². The summed E-state index contributed by atoms with van der Waals surface area (Å²) in [6.07, 6.45) is -0.00561. The number of methoxy groups -OCH3 is 1. The molecule has 0 aromatic heterocycles. The van der Waals surface area contributed by atoms with Gasteiger partial charge in [-0.2, -0.15) is 0 Å². The van der Waals surface area contributed by atoms with Crippen LogP contribution in [0.25, 0.3) is 0 Å². The average molecular weight is 406 g/mol. The Hall–Kier alpha value is -2.34. The van der Waals surface area contributed by atoms with Crippen LogP contribution in [0.5, 0.6) is 5.75 Å². The molecule has 6 heteroatoms. The molecule has 1 N–H and O–H groups in total. The van der Waals surface area contributed by atoms with Crippen molar-refractivity contribution in [2.75, 3.05) is 12.4 Å². The molecule has 2 rings (SSSR count). The van der Waals surface area contributed by atoms with Gasteiger partial charge in [0.25, 0.3) is 5.91 Å². The first-order valence-corrected chi connectivity index (χ1v) is 8.68. The summed E-state index contributed by atoms with van der Waals surface area (Å²) >= 11 is 3.30. The second kappa shape index (κ2) is 8.67. The molecule has 132 valence electrons. The normalized spacial score (nSPS) is 11.5. The van der Waals surface area contributed by atoms with Crippen LogP contribution in [-0.4, -0.2) is 25.1 Å². The van der Waals surface area contributed by atoms with Gasteiger partial charge in [-0.1, -0.05) is 19.1 Å². The highest BCUT2D eigenvalue weighted by Gasteiger charge is 2.21. The lowest BCUT2D eigenvalue weighted by Crippen LogP contribution is -2.30. The lowest BCUT2D eigenvalue weighted by Gasteiger charge is -2.14. The Balaban J connectivity index is 2.01. The molecule has 0 aliphatic heterocycles. The maximum absolute atomic E-state index is 12.3. The first-order valence-electron chi connectivity index (χ1n) is 7.89. The van der Waals surface area contributed by atoms with E-state index in [0.29, 0.717) is 21.5 Å². The number of carbonyl (C=O) groups is 2. The van der Waals surface area contributed by atoms with Crippen molar-refractivity contribution in [1.82, 2.24) is 0 Å². The Kier molecular flexibility index (Phi) is 6.58. The number of aryl methyl sites for hydroxylation is 1. The third-order valence-corrected chi connectivity index (χ3v) is 4.37. The van der Waals surface area contributed by atoms with E-state index in [2.05, 4.69) is 28.2 Å². The van der Waals surface area contributed by atoms with Gasteiger partial charge < -0.3 is 14.8 Å². The van der Waals surface area contributed by atoms with E-state index in [4.69, 9.17) is 9.47 Å². The minimum absolute atomic E-state index is 0.297. The summed E-state index contributed by atoms with van der Waals surface area (Å²) in [6, 6.07) is 12.5. The Morgan fingerprint density at radius 1 is 1.16 bits per heavy atom. The second-order valence-electron chi connectivity index (χ2n) is 5.43. The summed E-state index contributed by atoms with van der Waals surface area (Å²) in [7, 11) is 1.51. The van der Waals surface area contributed by atoms with Crippen LogP contribution in [0.2, 0.25) is 0 Å². The highest BCUT2D eigenvalue weighted by atomic mass is 79.9. The molecule has 0 heterocycles. The first kappa shape index (κ1) is 19.0. The smallest absolute Gasteiger partial charge is 0.340 e. The number of hydrogen-bond donors (Lipinski definition) is 1. The molecule has 0 radical (unpaired) electrons. The molecule has 0 aliphatic rings. The molecule has 0 aliphatic carbocycles. The van der Waals surface area contributed by atoms with E-state index in [1.807, 2.05) is 24.3 Å². The molecule has 0 saturated carbocycles. The minimum Gasteiger partial charge on any atom is -0.497 e. The molecule has 0 spiro atoms. The number of nitrogens with one attached hydrogen (secondary N) is 1. The van der Waals surface area contributed by atoms with Crippen LogP contribution in [0.3, 0.4) is 0 Å². The zero-order valence-electron chi connectivity index (χ0n) is 14.3. The SMILES string of the molecule is CCc1ccc(NC(=O)[C@@H](C)OC(=O)c2cc(OC)ccc2Br)cc1. The molecule has 0 bridgehead atoms. The number of anilines is 1. The summed E-state index contributed by atoms with van der Waals surface area (Å²) in [4.78, 5) is 24.5. The number of benzene rings is 2.